The number of rotatable bonds is 6. The SMILES string of the molecule is CCNCCc1cn(Cc2nc(C)cs2)cn1. The summed E-state index contributed by atoms with van der Waals surface area (Å²) in [6, 6.07) is 0. The van der Waals surface area contributed by atoms with Gasteiger partial charge in [-0.05, 0) is 13.5 Å². The summed E-state index contributed by atoms with van der Waals surface area (Å²) < 4.78 is 2.10. The molecule has 0 aromatic carbocycles. The summed E-state index contributed by atoms with van der Waals surface area (Å²) in [5.41, 5.74) is 2.23. The number of thiazole rings is 1. The highest BCUT2D eigenvalue weighted by atomic mass is 32.1. The Morgan fingerprint density at radius 3 is 3.06 bits per heavy atom. The number of likely N-dealkylation sites (N-methyl/N-ethyl adjacent to an activating group) is 1. The van der Waals surface area contributed by atoms with Crippen LogP contribution in [-0.2, 0) is 13.0 Å². The maximum Gasteiger partial charge on any atom is 0.113 e. The van der Waals surface area contributed by atoms with Crippen LogP contribution in [0.2, 0.25) is 0 Å². The van der Waals surface area contributed by atoms with Crippen LogP contribution in [0.1, 0.15) is 23.3 Å². The molecule has 0 aliphatic heterocycles. The molecular weight excluding hydrogens is 232 g/mol. The fourth-order valence-corrected chi connectivity index (χ4v) is 2.43. The third-order valence-corrected chi connectivity index (χ3v) is 3.43. The summed E-state index contributed by atoms with van der Waals surface area (Å²) in [6.07, 6.45) is 4.98. The van der Waals surface area contributed by atoms with Crippen LogP contribution in [0.25, 0.3) is 0 Å². The third kappa shape index (κ3) is 3.64. The van der Waals surface area contributed by atoms with Gasteiger partial charge < -0.3 is 9.88 Å². The molecule has 0 aliphatic carbocycles. The van der Waals surface area contributed by atoms with Crippen molar-refractivity contribution in [2.45, 2.75) is 26.8 Å². The fourth-order valence-electron chi connectivity index (χ4n) is 1.65. The van der Waals surface area contributed by atoms with Crippen molar-refractivity contribution in [3.8, 4) is 0 Å². The Labute approximate surface area is 106 Å². The zero-order chi connectivity index (χ0) is 12.1. The fraction of sp³-hybridized carbons (Fsp3) is 0.500. The largest absolute Gasteiger partial charge is 0.330 e. The minimum atomic E-state index is 0.826. The summed E-state index contributed by atoms with van der Waals surface area (Å²) in [7, 11) is 0. The average molecular weight is 250 g/mol. The van der Waals surface area contributed by atoms with Crippen molar-refractivity contribution in [1.29, 1.82) is 0 Å². The smallest absolute Gasteiger partial charge is 0.113 e. The van der Waals surface area contributed by atoms with Gasteiger partial charge in [0.1, 0.15) is 5.01 Å². The lowest BCUT2D eigenvalue weighted by atomic mass is 10.3. The Morgan fingerprint density at radius 1 is 1.47 bits per heavy atom. The van der Waals surface area contributed by atoms with E-state index in [0.29, 0.717) is 0 Å². The van der Waals surface area contributed by atoms with E-state index in [-0.39, 0.29) is 0 Å². The van der Waals surface area contributed by atoms with Crippen LogP contribution in [-0.4, -0.2) is 27.6 Å². The first-order valence-electron chi connectivity index (χ1n) is 5.90. The van der Waals surface area contributed by atoms with Gasteiger partial charge in [0.25, 0.3) is 0 Å². The zero-order valence-corrected chi connectivity index (χ0v) is 11.1. The topological polar surface area (TPSA) is 42.7 Å². The summed E-state index contributed by atoms with van der Waals surface area (Å²) in [6.45, 7) is 6.97. The van der Waals surface area contributed by atoms with Crippen molar-refractivity contribution in [1.82, 2.24) is 19.9 Å². The Bertz CT molecular complexity index is 461. The summed E-state index contributed by atoms with van der Waals surface area (Å²) in [5, 5.41) is 6.52. The summed E-state index contributed by atoms with van der Waals surface area (Å²) in [4.78, 5) is 8.84. The lowest BCUT2D eigenvalue weighted by molar-refractivity contribution is 0.708. The van der Waals surface area contributed by atoms with Crippen LogP contribution in [0.4, 0.5) is 0 Å². The number of aryl methyl sites for hydroxylation is 1. The molecule has 0 saturated carbocycles. The van der Waals surface area contributed by atoms with Crippen LogP contribution >= 0.6 is 11.3 Å². The van der Waals surface area contributed by atoms with E-state index in [1.54, 1.807) is 11.3 Å². The first kappa shape index (κ1) is 12.3. The molecule has 0 unspecified atom stereocenters. The first-order chi connectivity index (χ1) is 8.28. The normalized spacial score (nSPS) is 10.9. The monoisotopic (exact) mass is 250 g/mol. The molecule has 17 heavy (non-hydrogen) atoms. The molecule has 0 fully saturated rings. The summed E-state index contributed by atoms with van der Waals surface area (Å²) >= 11 is 1.70. The van der Waals surface area contributed by atoms with E-state index in [2.05, 4.69) is 38.4 Å². The van der Waals surface area contributed by atoms with Gasteiger partial charge in [-0.1, -0.05) is 6.92 Å². The minimum Gasteiger partial charge on any atom is -0.330 e. The van der Waals surface area contributed by atoms with Gasteiger partial charge in [0, 0.05) is 30.2 Å². The number of imidazole rings is 1. The molecule has 0 saturated heterocycles. The van der Waals surface area contributed by atoms with Crippen molar-refractivity contribution in [3.05, 3.63) is 34.3 Å². The molecule has 0 bridgehead atoms. The number of nitrogens with one attached hydrogen (secondary N) is 1. The van der Waals surface area contributed by atoms with Gasteiger partial charge in [0.2, 0.25) is 0 Å². The Morgan fingerprint density at radius 2 is 2.35 bits per heavy atom. The highest BCUT2D eigenvalue weighted by Crippen LogP contribution is 2.10. The van der Waals surface area contributed by atoms with Crippen molar-refractivity contribution >= 4 is 11.3 Å². The van der Waals surface area contributed by atoms with Crippen molar-refractivity contribution in [2.24, 2.45) is 0 Å². The molecular formula is C12H18N4S. The van der Waals surface area contributed by atoms with E-state index in [4.69, 9.17) is 0 Å². The number of hydrogen-bond donors (Lipinski definition) is 1. The van der Waals surface area contributed by atoms with Crippen molar-refractivity contribution in [2.75, 3.05) is 13.1 Å². The Hall–Kier alpha value is -1.20. The molecule has 2 rings (SSSR count). The first-order valence-corrected chi connectivity index (χ1v) is 6.78. The second-order valence-electron chi connectivity index (χ2n) is 4.02. The zero-order valence-electron chi connectivity index (χ0n) is 10.3. The van der Waals surface area contributed by atoms with E-state index in [0.717, 1.165) is 42.5 Å². The maximum atomic E-state index is 4.45. The van der Waals surface area contributed by atoms with Crippen LogP contribution in [0.5, 0.6) is 0 Å². The number of nitrogens with zero attached hydrogens (tertiary/aromatic N) is 3. The molecule has 2 aromatic rings. The molecule has 1 N–H and O–H groups in total. The van der Waals surface area contributed by atoms with Gasteiger partial charge in [0.15, 0.2) is 0 Å². The molecule has 4 nitrogen and oxygen atoms in total. The molecule has 0 radical (unpaired) electrons. The molecule has 2 aromatic heterocycles. The van der Waals surface area contributed by atoms with E-state index in [1.807, 2.05) is 13.3 Å². The van der Waals surface area contributed by atoms with Gasteiger partial charge in [-0.2, -0.15) is 0 Å². The minimum absolute atomic E-state index is 0.826. The Balaban J connectivity index is 1.89. The lowest BCUT2D eigenvalue weighted by Crippen LogP contribution is -2.16. The van der Waals surface area contributed by atoms with E-state index < -0.39 is 0 Å². The second kappa shape index (κ2) is 5.93. The van der Waals surface area contributed by atoms with Crippen LogP contribution in [0.3, 0.4) is 0 Å². The quantitative estimate of drug-likeness (QED) is 0.796. The van der Waals surface area contributed by atoms with Crippen LogP contribution in [0.15, 0.2) is 17.9 Å². The molecule has 0 atom stereocenters. The number of hydrogen-bond acceptors (Lipinski definition) is 4. The van der Waals surface area contributed by atoms with Crippen LogP contribution < -0.4 is 5.32 Å². The average Bonchev–Trinajstić information content (AvgIpc) is 2.90. The predicted molar refractivity (Wildman–Crippen MR) is 70.4 cm³/mol. The van der Waals surface area contributed by atoms with E-state index >= 15 is 0 Å². The van der Waals surface area contributed by atoms with Gasteiger partial charge >= 0.3 is 0 Å². The van der Waals surface area contributed by atoms with Crippen molar-refractivity contribution in [3.63, 3.8) is 0 Å². The van der Waals surface area contributed by atoms with E-state index in [9.17, 15) is 0 Å². The molecule has 0 amide bonds. The molecule has 92 valence electrons. The molecule has 2 heterocycles. The number of aromatic nitrogens is 3. The van der Waals surface area contributed by atoms with Crippen molar-refractivity contribution < 1.29 is 0 Å². The third-order valence-electron chi connectivity index (χ3n) is 2.48. The maximum absolute atomic E-state index is 4.45. The predicted octanol–water partition coefficient (Wildman–Crippen LogP) is 1.85. The Kier molecular flexibility index (Phi) is 4.28. The van der Waals surface area contributed by atoms with Gasteiger partial charge in [-0.3, -0.25) is 0 Å². The lowest BCUT2D eigenvalue weighted by Gasteiger charge is -1.98. The molecule has 0 aliphatic rings. The molecule has 0 spiro atoms. The van der Waals surface area contributed by atoms with Gasteiger partial charge in [-0.15, -0.1) is 11.3 Å². The van der Waals surface area contributed by atoms with Crippen LogP contribution in [0, 0.1) is 6.92 Å². The molecule has 5 heteroatoms. The standard InChI is InChI=1S/C12H18N4S/c1-3-13-5-4-11-6-16(9-14-11)7-12-15-10(2)8-17-12/h6,8-9,13H,3-5,7H2,1-2H3. The van der Waals surface area contributed by atoms with E-state index in [1.165, 1.54) is 0 Å². The highest BCUT2D eigenvalue weighted by molar-refractivity contribution is 7.09. The second-order valence-corrected chi connectivity index (χ2v) is 4.97. The van der Waals surface area contributed by atoms with Gasteiger partial charge in [-0.25, -0.2) is 9.97 Å². The van der Waals surface area contributed by atoms with Gasteiger partial charge in [0.05, 0.1) is 18.6 Å². The summed E-state index contributed by atoms with van der Waals surface area (Å²) in [5.74, 6) is 0. The highest BCUT2D eigenvalue weighted by Gasteiger charge is 2.02.